The molecule has 4 nitrogen and oxygen atoms in total. The minimum absolute atomic E-state index is 0.0604. The molecule has 0 radical (unpaired) electrons. The fourth-order valence-corrected chi connectivity index (χ4v) is 1.87. The number of amides is 1. The van der Waals surface area contributed by atoms with Crippen LogP contribution in [-0.2, 0) is 9.53 Å². The molecule has 0 unspecified atom stereocenters. The second-order valence-corrected chi connectivity index (χ2v) is 5.28. The Morgan fingerprint density at radius 3 is 2.55 bits per heavy atom. The van der Waals surface area contributed by atoms with Gasteiger partial charge in [0.2, 0.25) is 0 Å². The first-order valence-electron chi connectivity index (χ1n) is 6.99. The Hall–Kier alpha value is -1.84. The summed E-state index contributed by atoms with van der Waals surface area (Å²) in [6, 6.07) is 5.89. The van der Waals surface area contributed by atoms with Crippen LogP contribution in [0.3, 0.4) is 0 Å². The number of Topliss-reactive ketones (excluding diaryl/α,β-unsaturated/α-hetero) is 1. The maximum atomic E-state index is 11.6. The van der Waals surface area contributed by atoms with Crippen LogP contribution in [0.15, 0.2) is 18.2 Å². The maximum absolute atomic E-state index is 11.6. The van der Waals surface area contributed by atoms with Crippen molar-refractivity contribution in [1.29, 1.82) is 0 Å². The lowest BCUT2D eigenvalue weighted by Crippen LogP contribution is -2.18. The first kappa shape index (κ1) is 16.2. The van der Waals surface area contributed by atoms with Gasteiger partial charge in [-0.1, -0.05) is 26.8 Å². The molecule has 0 heterocycles. The van der Waals surface area contributed by atoms with Crippen molar-refractivity contribution >= 4 is 17.6 Å². The van der Waals surface area contributed by atoms with Crippen LogP contribution in [0.5, 0.6) is 0 Å². The number of anilines is 1. The van der Waals surface area contributed by atoms with Crippen molar-refractivity contribution in [3.63, 3.8) is 0 Å². The number of carbonyl (C=O) groups excluding carboxylic acids is 2. The van der Waals surface area contributed by atoms with Gasteiger partial charge in [-0.3, -0.25) is 10.1 Å². The Balaban J connectivity index is 2.59. The molecule has 1 aromatic rings. The van der Waals surface area contributed by atoms with Gasteiger partial charge in [-0.25, -0.2) is 4.79 Å². The van der Waals surface area contributed by atoms with Crippen molar-refractivity contribution in [2.75, 3.05) is 11.9 Å². The molecule has 0 atom stereocenters. The lowest BCUT2D eigenvalue weighted by atomic mass is 10.0. The van der Waals surface area contributed by atoms with Crippen molar-refractivity contribution in [1.82, 2.24) is 0 Å². The van der Waals surface area contributed by atoms with Crippen LogP contribution in [0.2, 0.25) is 0 Å². The SMILES string of the molecule is CCCC(=O)COC(=O)Nc1cc(C)cc(C(C)C)c1. The summed E-state index contributed by atoms with van der Waals surface area (Å²) in [5.41, 5.74) is 2.93. The van der Waals surface area contributed by atoms with Crippen molar-refractivity contribution in [3.05, 3.63) is 29.3 Å². The van der Waals surface area contributed by atoms with Gasteiger partial charge in [0.05, 0.1) is 0 Å². The monoisotopic (exact) mass is 277 g/mol. The summed E-state index contributed by atoms with van der Waals surface area (Å²) in [4.78, 5) is 22.9. The van der Waals surface area contributed by atoms with Crippen LogP contribution in [0.4, 0.5) is 10.5 Å². The van der Waals surface area contributed by atoms with Crippen LogP contribution in [0.25, 0.3) is 0 Å². The maximum Gasteiger partial charge on any atom is 0.412 e. The lowest BCUT2D eigenvalue weighted by molar-refractivity contribution is -0.121. The molecule has 0 aliphatic heterocycles. The van der Waals surface area contributed by atoms with E-state index in [1.807, 2.05) is 26.0 Å². The van der Waals surface area contributed by atoms with E-state index in [0.717, 1.165) is 17.5 Å². The number of ether oxygens (including phenoxy) is 1. The fourth-order valence-electron chi connectivity index (χ4n) is 1.87. The molecule has 0 saturated carbocycles. The number of benzene rings is 1. The minimum Gasteiger partial charge on any atom is -0.441 e. The Morgan fingerprint density at radius 2 is 1.95 bits per heavy atom. The Bertz CT molecular complexity index is 481. The first-order valence-corrected chi connectivity index (χ1v) is 6.99. The molecule has 0 aliphatic carbocycles. The van der Waals surface area contributed by atoms with E-state index in [2.05, 4.69) is 25.2 Å². The summed E-state index contributed by atoms with van der Waals surface area (Å²) in [5, 5.41) is 2.66. The summed E-state index contributed by atoms with van der Waals surface area (Å²) in [7, 11) is 0. The average Bonchev–Trinajstić information content (AvgIpc) is 2.36. The lowest BCUT2D eigenvalue weighted by Gasteiger charge is -2.11. The highest BCUT2D eigenvalue weighted by atomic mass is 16.5. The van der Waals surface area contributed by atoms with E-state index < -0.39 is 6.09 Å². The molecule has 0 spiro atoms. The number of aryl methyl sites for hydroxylation is 1. The molecule has 0 aromatic heterocycles. The summed E-state index contributed by atoms with van der Waals surface area (Å²) in [6.45, 7) is 7.93. The number of nitrogens with one attached hydrogen (secondary N) is 1. The van der Waals surface area contributed by atoms with Gasteiger partial charge in [-0.15, -0.1) is 0 Å². The van der Waals surface area contributed by atoms with Gasteiger partial charge >= 0.3 is 6.09 Å². The zero-order chi connectivity index (χ0) is 15.1. The molecule has 0 bridgehead atoms. The molecule has 0 aliphatic rings. The zero-order valence-corrected chi connectivity index (χ0v) is 12.7. The van der Waals surface area contributed by atoms with Gasteiger partial charge in [-0.05, 0) is 42.5 Å². The molecular formula is C16H23NO3. The van der Waals surface area contributed by atoms with Crippen LogP contribution >= 0.6 is 0 Å². The van der Waals surface area contributed by atoms with Crippen molar-refractivity contribution < 1.29 is 14.3 Å². The summed E-state index contributed by atoms with van der Waals surface area (Å²) < 4.78 is 4.90. The van der Waals surface area contributed by atoms with Gasteiger partial charge in [0, 0.05) is 12.1 Å². The van der Waals surface area contributed by atoms with E-state index in [-0.39, 0.29) is 12.4 Å². The molecule has 1 rings (SSSR count). The molecule has 1 amide bonds. The Labute approximate surface area is 120 Å². The third kappa shape index (κ3) is 5.43. The number of ketones is 1. The van der Waals surface area contributed by atoms with E-state index in [1.54, 1.807) is 0 Å². The molecule has 0 saturated heterocycles. The second-order valence-electron chi connectivity index (χ2n) is 5.28. The molecule has 4 heteroatoms. The fraction of sp³-hybridized carbons (Fsp3) is 0.500. The molecule has 110 valence electrons. The Kier molecular flexibility index (Phi) is 6.22. The zero-order valence-electron chi connectivity index (χ0n) is 12.7. The van der Waals surface area contributed by atoms with E-state index in [4.69, 9.17) is 4.74 Å². The predicted molar refractivity (Wildman–Crippen MR) is 80.2 cm³/mol. The third-order valence-electron chi connectivity index (χ3n) is 2.91. The summed E-state index contributed by atoms with van der Waals surface area (Å²) in [5.74, 6) is 0.326. The highest BCUT2D eigenvalue weighted by molar-refractivity contribution is 5.88. The predicted octanol–water partition coefficient (Wildman–Crippen LogP) is 4.04. The second kappa shape index (κ2) is 7.68. The van der Waals surface area contributed by atoms with E-state index >= 15 is 0 Å². The van der Waals surface area contributed by atoms with Crippen molar-refractivity contribution in [2.45, 2.75) is 46.5 Å². The minimum atomic E-state index is -0.588. The average molecular weight is 277 g/mol. The van der Waals surface area contributed by atoms with Crippen molar-refractivity contribution in [3.8, 4) is 0 Å². The third-order valence-corrected chi connectivity index (χ3v) is 2.91. The van der Waals surface area contributed by atoms with Gasteiger partial charge in [0.25, 0.3) is 0 Å². The largest absolute Gasteiger partial charge is 0.441 e. The van der Waals surface area contributed by atoms with Gasteiger partial charge in [0.15, 0.2) is 12.4 Å². The highest BCUT2D eigenvalue weighted by Crippen LogP contribution is 2.21. The van der Waals surface area contributed by atoms with E-state index in [0.29, 0.717) is 18.0 Å². The number of carbonyl (C=O) groups is 2. The number of hydrogen-bond donors (Lipinski definition) is 1. The topological polar surface area (TPSA) is 55.4 Å². The standard InChI is InChI=1S/C16H23NO3/c1-5-6-15(18)10-20-16(19)17-14-8-12(4)7-13(9-14)11(2)3/h7-9,11H,5-6,10H2,1-4H3,(H,17,19). The van der Waals surface area contributed by atoms with E-state index in [1.165, 1.54) is 0 Å². The van der Waals surface area contributed by atoms with Crippen LogP contribution in [0, 0.1) is 6.92 Å². The van der Waals surface area contributed by atoms with Crippen LogP contribution in [-0.4, -0.2) is 18.5 Å². The quantitative estimate of drug-likeness (QED) is 0.853. The summed E-state index contributed by atoms with van der Waals surface area (Å²) in [6.07, 6.45) is 0.615. The van der Waals surface area contributed by atoms with Gasteiger partial charge in [-0.2, -0.15) is 0 Å². The highest BCUT2D eigenvalue weighted by Gasteiger charge is 2.09. The molecule has 1 aromatic carbocycles. The molecule has 1 N–H and O–H groups in total. The Morgan fingerprint density at radius 1 is 1.25 bits per heavy atom. The van der Waals surface area contributed by atoms with Crippen LogP contribution < -0.4 is 5.32 Å². The van der Waals surface area contributed by atoms with Gasteiger partial charge < -0.3 is 4.74 Å². The first-order chi connectivity index (χ1) is 9.42. The molecule has 20 heavy (non-hydrogen) atoms. The molecule has 0 fully saturated rings. The normalized spacial score (nSPS) is 10.4. The number of hydrogen-bond acceptors (Lipinski definition) is 3. The van der Waals surface area contributed by atoms with Crippen molar-refractivity contribution in [2.24, 2.45) is 0 Å². The number of rotatable bonds is 6. The smallest absolute Gasteiger partial charge is 0.412 e. The van der Waals surface area contributed by atoms with Gasteiger partial charge in [0.1, 0.15) is 0 Å². The molecular weight excluding hydrogens is 254 g/mol. The summed E-state index contributed by atoms with van der Waals surface area (Å²) >= 11 is 0. The van der Waals surface area contributed by atoms with Crippen LogP contribution in [0.1, 0.15) is 50.7 Å². The van der Waals surface area contributed by atoms with E-state index in [9.17, 15) is 9.59 Å².